The van der Waals surface area contributed by atoms with Crippen molar-refractivity contribution in [1.82, 2.24) is 5.43 Å². The van der Waals surface area contributed by atoms with Crippen molar-refractivity contribution in [3.8, 4) is 5.75 Å². The standard InChI is InChI=1S/C26H43BrN2O2/c1-3-4-5-6-7-8-9-10-11-12-13-14-15-16-17-18-26(30)29-28-22-23-21-24(27)19-20-25(23)31-2/h19-22H,3-18H2,1-2H3,(H,29,30)/b28-22+. The maximum Gasteiger partial charge on any atom is 0.240 e. The number of carbonyl (C=O) groups excluding carboxylic acids is 1. The molecule has 0 radical (unpaired) electrons. The Morgan fingerprint density at radius 1 is 0.903 bits per heavy atom. The fourth-order valence-electron chi connectivity index (χ4n) is 3.69. The number of unbranched alkanes of at least 4 members (excludes halogenated alkanes) is 14. The third kappa shape index (κ3) is 15.1. The van der Waals surface area contributed by atoms with Crippen LogP contribution in [0.25, 0.3) is 0 Å². The molecule has 0 unspecified atom stereocenters. The van der Waals surface area contributed by atoms with Crippen LogP contribution in [0.3, 0.4) is 0 Å². The molecule has 31 heavy (non-hydrogen) atoms. The van der Waals surface area contributed by atoms with Gasteiger partial charge in [-0.15, -0.1) is 0 Å². The number of halogens is 1. The third-order valence-corrected chi connectivity index (χ3v) is 6.09. The van der Waals surface area contributed by atoms with Crippen molar-refractivity contribution >= 4 is 28.1 Å². The second-order valence-corrected chi connectivity index (χ2v) is 9.29. The molecule has 0 saturated carbocycles. The molecule has 0 aromatic heterocycles. The first-order valence-electron chi connectivity index (χ1n) is 12.3. The van der Waals surface area contributed by atoms with Gasteiger partial charge in [0.25, 0.3) is 0 Å². The van der Waals surface area contributed by atoms with Crippen molar-refractivity contribution in [2.24, 2.45) is 5.10 Å². The molecule has 4 nitrogen and oxygen atoms in total. The molecule has 176 valence electrons. The first-order chi connectivity index (χ1) is 15.2. The van der Waals surface area contributed by atoms with E-state index in [1.165, 1.54) is 83.5 Å². The number of ether oxygens (including phenoxy) is 1. The average molecular weight is 496 g/mol. The molecule has 1 rings (SSSR count). The maximum atomic E-state index is 11.9. The predicted molar refractivity (Wildman–Crippen MR) is 136 cm³/mol. The van der Waals surface area contributed by atoms with E-state index < -0.39 is 0 Å². The highest BCUT2D eigenvalue weighted by atomic mass is 79.9. The summed E-state index contributed by atoms with van der Waals surface area (Å²) in [5, 5.41) is 4.05. The second kappa shape index (κ2) is 19.3. The minimum Gasteiger partial charge on any atom is -0.496 e. The van der Waals surface area contributed by atoms with Crippen LogP contribution in [0.15, 0.2) is 27.8 Å². The summed E-state index contributed by atoms with van der Waals surface area (Å²) in [5.41, 5.74) is 3.43. The van der Waals surface area contributed by atoms with Crippen LogP contribution in [0.4, 0.5) is 0 Å². The number of hydrogen-bond donors (Lipinski definition) is 1. The van der Waals surface area contributed by atoms with E-state index in [-0.39, 0.29) is 5.91 Å². The van der Waals surface area contributed by atoms with E-state index in [0.29, 0.717) is 6.42 Å². The fraction of sp³-hybridized carbons (Fsp3) is 0.692. The first-order valence-corrected chi connectivity index (χ1v) is 13.1. The van der Waals surface area contributed by atoms with Gasteiger partial charge in [0, 0.05) is 16.5 Å². The fourth-order valence-corrected chi connectivity index (χ4v) is 4.07. The molecule has 0 saturated heterocycles. The van der Waals surface area contributed by atoms with E-state index in [2.05, 4.69) is 33.4 Å². The van der Waals surface area contributed by atoms with Gasteiger partial charge in [-0.25, -0.2) is 5.43 Å². The minimum atomic E-state index is -0.0279. The Hall–Kier alpha value is -1.36. The third-order valence-electron chi connectivity index (χ3n) is 5.59. The van der Waals surface area contributed by atoms with E-state index in [0.717, 1.165) is 28.6 Å². The number of benzene rings is 1. The summed E-state index contributed by atoms with van der Waals surface area (Å²) in [6, 6.07) is 5.68. The molecule has 1 N–H and O–H groups in total. The Morgan fingerprint density at radius 3 is 1.94 bits per heavy atom. The molecule has 1 amide bonds. The number of amides is 1. The van der Waals surface area contributed by atoms with Gasteiger partial charge in [0.2, 0.25) is 5.91 Å². The van der Waals surface area contributed by atoms with E-state index >= 15 is 0 Å². The molecular formula is C26H43BrN2O2. The molecule has 0 heterocycles. The van der Waals surface area contributed by atoms with Crippen molar-refractivity contribution in [3.63, 3.8) is 0 Å². The zero-order valence-corrected chi connectivity index (χ0v) is 21.4. The lowest BCUT2D eigenvalue weighted by atomic mass is 10.0. The summed E-state index contributed by atoms with van der Waals surface area (Å²) < 4.78 is 6.24. The van der Waals surface area contributed by atoms with Crippen LogP contribution in [0.2, 0.25) is 0 Å². The van der Waals surface area contributed by atoms with E-state index in [4.69, 9.17) is 4.74 Å². The van der Waals surface area contributed by atoms with Crippen LogP contribution in [-0.2, 0) is 4.79 Å². The molecule has 0 aliphatic heterocycles. The topological polar surface area (TPSA) is 50.7 Å². The van der Waals surface area contributed by atoms with Gasteiger partial charge in [-0.3, -0.25) is 4.79 Å². The molecule has 0 spiro atoms. The van der Waals surface area contributed by atoms with Crippen molar-refractivity contribution < 1.29 is 9.53 Å². The normalized spacial score (nSPS) is 11.2. The van der Waals surface area contributed by atoms with Crippen molar-refractivity contribution in [3.05, 3.63) is 28.2 Å². The number of nitrogens with zero attached hydrogens (tertiary/aromatic N) is 1. The van der Waals surface area contributed by atoms with Crippen LogP contribution >= 0.6 is 15.9 Å². The number of hydrogen-bond acceptors (Lipinski definition) is 3. The van der Waals surface area contributed by atoms with Crippen LogP contribution < -0.4 is 10.2 Å². The van der Waals surface area contributed by atoms with Gasteiger partial charge >= 0.3 is 0 Å². The van der Waals surface area contributed by atoms with Crippen LogP contribution in [0.5, 0.6) is 5.75 Å². The van der Waals surface area contributed by atoms with Gasteiger partial charge in [-0.1, -0.05) is 113 Å². The van der Waals surface area contributed by atoms with Gasteiger partial charge < -0.3 is 4.74 Å². The quantitative estimate of drug-likeness (QED) is 0.120. The number of nitrogens with one attached hydrogen (secondary N) is 1. The molecule has 0 aliphatic carbocycles. The number of hydrazone groups is 1. The smallest absolute Gasteiger partial charge is 0.240 e. The molecule has 0 atom stereocenters. The molecule has 1 aromatic rings. The Labute approximate surface area is 198 Å². The monoisotopic (exact) mass is 494 g/mol. The summed E-state index contributed by atoms with van der Waals surface area (Å²) in [6.45, 7) is 2.28. The molecule has 5 heteroatoms. The van der Waals surface area contributed by atoms with Gasteiger partial charge in [0.05, 0.1) is 13.3 Å². The summed E-state index contributed by atoms with van der Waals surface area (Å²) in [6.07, 6.45) is 22.1. The van der Waals surface area contributed by atoms with Crippen molar-refractivity contribution in [2.75, 3.05) is 7.11 Å². The summed E-state index contributed by atoms with van der Waals surface area (Å²) in [4.78, 5) is 11.9. The first kappa shape index (κ1) is 27.7. The molecule has 0 aliphatic rings. The Kier molecular flexibility index (Phi) is 17.3. The Balaban J connectivity index is 1.93. The lowest BCUT2D eigenvalue weighted by molar-refractivity contribution is -0.121. The Morgan fingerprint density at radius 2 is 1.42 bits per heavy atom. The highest BCUT2D eigenvalue weighted by Crippen LogP contribution is 2.21. The highest BCUT2D eigenvalue weighted by molar-refractivity contribution is 9.10. The van der Waals surface area contributed by atoms with Gasteiger partial charge in [-0.2, -0.15) is 5.10 Å². The summed E-state index contributed by atoms with van der Waals surface area (Å²) in [5.74, 6) is 0.698. The van der Waals surface area contributed by atoms with Crippen LogP contribution in [-0.4, -0.2) is 19.2 Å². The predicted octanol–water partition coefficient (Wildman–Crippen LogP) is 8.17. The van der Waals surface area contributed by atoms with E-state index in [9.17, 15) is 4.79 Å². The van der Waals surface area contributed by atoms with Gasteiger partial charge in [0.1, 0.15) is 5.75 Å². The van der Waals surface area contributed by atoms with Crippen LogP contribution in [0.1, 0.15) is 115 Å². The molecule has 1 aromatic carbocycles. The zero-order valence-electron chi connectivity index (χ0n) is 19.8. The lowest BCUT2D eigenvalue weighted by Gasteiger charge is -2.05. The maximum absolute atomic E-state index is 11.9. The van der Waals surface area contributed by atoms with Crippen LogP contribution in [0, 0.1) is 0 Å². The second-order valence-electron chi connectivity index (χ2n) is 8.38. The number of carbonyl (C=O) groups is 1. The largest absolute Gasteiger partial charge is 0.496 e. The lowest BCUT2D eigenvalue weighted by Crippen LogP contribution is -2.17. The van der Waals surface area contributed by atoms with E-state index in [1.54, 1.807) is 13.3 Å². The molecule has 0 bridgehead atoms. The highest BCUT2D eigenvalue weighted by Gasteiger charge is 2.02. The van der Waals surface area contributed by atoms with Gasteiger partial charge in [0.15, 0.2) is 0 Å². The summed E-state index contributed by atoms with van der Waals surface area (Å²) in [7, 11) is 1.62. The van der Waals surface area contributed by atoms with E-state index in [1.807, 2.05) is 18.2 Å². The molecule has 0 fully saturated rings. The van der Waals surface area contributed by atoms with Crippen molar-refractivity contribution in [2.45, 2.75) is 110 Å². The Bertz CT molecular complexity index is 619. The number of rotatable bonds is 19. The van der Waals surface area contributed by atoms with Crippen molar-refractivity contribution in [1.29, 1.82) is 0 Å². The number of methoxy groups -OCH3 is 1. The zero-order chi connectivity index (χ0) is 22.6. The average Bonchev–Trinajstić information content (AvgIpc) is 2.76. The minimum absolute atomic E-state index is 0.0279. The molecular weight excluding hydrogens is 452 g/mol. The SMILES string of the molecule is CCCCCCCCCCCCCCCCCC(=O)N/N=C/c1cc(Br)ccc1OC. The summed E-state index contributed by atoms with van der Waals surface area (Å²) >= 11 is 3.43. The van der Waals surface area contributed by atoms with Gasteiger partial charge in [-0.05, 0) is 24.6 Å².